The minimum absolute atomic E-state index is 0.00957. The number of aldehydes is 1. The van der Waals surface area contributed by atoms with Gasteiger partial charge >= 0.3 is 6.09 Å². The molecule has 4 rings (SSSR count). The third-order valence-corrected chi connectivity index (χ3v) is 5.89. The number of likely N-dealkylation sites (tertiary alicyclic amines) is 1. The maximum absolute atomic E-state index is 13.1. The average molecular weight is 382 g/mol. The lowest BCUT2D eigenvalue weighted by atomic mass is 9.62. The van der Waals surface area contributed by atoms with Crippen LogP contribution in [0.25, 0.3) is 10.9 Å². The van der Waals surface area contributed by atoms with Gasteiger partial charge in [-0.25, -0.2) is 4.79 Å². The molecule has 1 fully saturated rings. The normalized spacial score (nSPS) is 24.6. The van der Waals surface area contributed by atoms with E-state index < -0.39 is 17.1 Å². The fraction of sp³-hybridized carbons (Fsp3) is 0.500. The van der Waals surface area contributed by atoms with E-state index in [1.165, 1.54) is 0 Å². The molecule has 28 heavy (non-hydrogen) atoms. The van der Waals surface area contributed by atoms with Crippen molar-refractivity contribution in [1.29, 1.82) is 0 Å². The third-order valence-electron chi connectivity index (χ3n) is 5.89. The van der Waals surface area contributed by atoms with E-state index >= 15 is 0 Å². The monoisotopic (exact) mass is 382 g/mol. The SMILES string of the molecule is CC(C)(C)OC(=O)N1CCC[C@]2(CC=O)CC(=O)c3[nH]c4ccccc4c3[C@H]12. The van der Waals surface area contributed by atoms with Crippen molar-refractivity contribution in [3.8, 4) is 0 Å². The molecule has 148 valence electrons. The molecule has 2 heterocycles. The first-order valence-corrected chi connectivity index (χ1v) is 9.83. The quantitative estimate of drug-likeness (QED) is 0.781. The van der Waals surface area contributed by atoms with Crippen LogP contribution in [0.4, 0.5) is 4.79 Å². The molecule has 0 radical (unpaired) electrons. The van der Waals surface area contributed by atoms with Crippen molar-refractivity contribution in [2.75, 3.05) is 6.54 Å². The van der Waals surface area contributed by atoms with Gasteiger partial charge in [0.15, 0.2) is 5.78 Å². The van der Waals surface area contributed by atoms with E-state index in [1.54, 1.807) is 4.90 Å². The van der Waals surface area contributed by atoms with Crippen LogP contribution < -0.4 is 0 Å². The summed E-state index contributed by atoms with van der Waals surface area (Å²) in [6.45, 7) is 6.08. The Morgan fingerprint density at radius 3 is 2.82 bits per heavy atom. The largest absolute Gasteiger partial charge is 0.444 e. The number of aromatic nitrogens is 1. The van der Waals surface area contributed by atoms with Gasteiger partial charge in [-0.1, -0.05) is 18.2 Å². The van der Waals surface area contributed by atoms with Crippen LogP contribution in [0, 0.1) is 5.41 Å². The van der Waals surface area contributed by atoms with Crippen LogP contribution in [0.5, 0.6) is 0 Å². The third kappa shape index (κ3) is 2.91. The first-order valence-electron chi connectivity index (χ1n) is 9.83. The predicted octanol–water partition coefficient (Wildman–Crippen LogP) is 4.40. The summed E-state index contributed by atoms with van der Waals surface area (Å²) in [5.74, 6) is 0.00957. The number of H-pyrrole nitrogens is 1. The summed E-state index contributed by atoms with van der Waals surface area (Å²) < 4.78 is 5.68. The number of nitrogens with zero attached hydrogens (tertiary/aromatic N) is 1. The minimum Gasteiger partial charge on any atom is -0.444 e. The summed E-state index contributed by atoms with van der Waals surface area (Å²) in [6.07, 6.45) is 2.49. The molecular weight excluding hydrogens is 356 g/mol. The fourth-order valence-corrected chi connectivity index (χ4v) is 4.89. The van der Waals surface area contributed by atoms with Crippen molar-refractivity contribution in [1.82, 2.24) is 9.88 Å². The molecule has 1 aromatic carbocycles. The van der Waals surface area contributed by atoms with Gasteiger partial charge in [0.2, 0.25) is 0 Å². The number of ketones is 1. The zero-order valence-corrected chi connectivity index (χ0v) is 16.6. The summed E-state index contributed by atoms with van der Waals surface area (Å²) in [5, 5.41) is 0.932. The number of para-hydroxylation sites is 1. The number of rotatable bonds is 2. The number of piperidine rings is 1. The molecule has 1 aliphatic heterocycles. The van der Waals surface area contributed by atoms with Gasteiger partial charge in [0, 0.05) is 41.3 Å². The topological polar surface area (TPSA) is 79.5 Å². The number of Topliss-reactive ketones (excluding diaryl/α,β-unsaturated/α-hetero) is 1. The van der Waals surface area contributed by atoms with Crippen molar-refractivity contribution in [2.24, 2.45) is 5.41 Å². The van der Waals surface area contributed by atoms with Crippen molar-refractivity contribution in [3.05, 3.63) is 35.5 Å². The Kier molecular flexibility index (Phi) is 4.32. The van der Waals surface area contributed by atoms with E-state index in [0.717, 1.165) is 35.6 Å². The molecular formula is C22H26N2O4. The number of ether oxygens (including phenoxy) is 1. The molecule has 1 aliphatic carbocycles. The van der Waals surface area contributed by atoms with Crippen LogP contribution in [-0.4, -0.2) is 40.2 Å². The summed E-state index contributed by atoms with van der Waals surface area (Å²) in [4.78, 5) is 42.7. The number of aromatic amines is 1. The maximum atomic E-state index is 13.1. The maximum Gasteiger partial charge on any atom is 0.410 e. The van der Waals surface area contributed by atoms with Crippen LogP contribution in [0.3, 0.4) is 0 Å². The van der Waals surface area contributed by atoms with Crippen LogP contribution in [0.1, 0.15) is 68.5 Å². The van der Waals surface area contributed by atoms with Crippen molar-refractivity contribution < 1.29 is 19.1 Å². The summed E-state index contributed by atoms with van der Waals surface area (Å²) in [7, 11) is 0. The van der Waals surface area contributed by atoms with E-state index in [-0.39, 0.29) is 24.7 Å². The van der Waals surface area contributed by atoms with Crippen molar-refractivity contribution in [2.45, 2.75) is 58.1 Å². The first-order chi connectivity index (χ1) is 13.3. The molecule has 6 nitrogen and oxygen atoms in total. The molecule has 0 saturated carbocycles. The van der Waals surface area contributed by atoms with Gasteiger partial charge in [0.1, 0.15) is 11.9 Å². The fourth-order valence-electron chi connectivity index (χ4n) is 4.89. The van der Waals surface area contributed by atoms with Gasteiger partial charge in [0.25, 0.3) is 0 Å². The summed E-state index contributed by atoms with van der Waals surface area (Å²) in [5.41, 5.74) is 1.07. The van der Waals surface area contributed by atoms with Gasteiger partial charge in [-0.3, -0.25) is 4.79 Å². The van der Waals surface area contributed by atoms with Gasteiger partial charge in [-0.15, -0.1) is 0 Å². The average Bonchev–Trinajstić information content (AvgIpc) is 3.00. The van der Waals surface area contributed by atoms with E-state index in [4.69, 9.17) is 4.74 Å². The minimum atomic E-state index is -0.616. The molecule has 0 unspecified atom stereocenters. The number of hydrogen-bond donors (Lipinski definition) is 1. The van der Waals surface area contributed by atoms with Crippen molar-refractivity contribution >= 4 is 29.1 Å². The predicted molar refractivity (Wildman–Crippen MR) is 105 cm³/mol. The highest BCUT2D eigenvalue weighted by atomic mass is 16.6. The Morgan fingerprint density at radius 2 is 2.11 bits per heavy atom. The molecule has 2 atom stereocenters. The van der Waals surface area contributed by atoms with E-state index in [0.29, 0.717) is 12.2 Å². The van der Waals surface area contributed by atoms with E-state index in [9.17, 15) is 14.4 Å². The molecule has 1 amide bonds. The van der Waals surface area contributed by atoms with Crippen LogP contribution in [-0.2, 0) is 9.53 Å². The Balaban J connectivity index is 1.91. The Bertz CT molecular complexity index is 955. The van der Waals surface area contributed by atoms with E-state index in [2.05, 4.69) is 4.98 Å². The number of benzene rings is 1. The summed E-state index contributed by atoms with van der Waals surface area (Å²) >= 11 is 0. The number of carbonyl (C=O) groups excluding carboxylic acids is 3. The molecule has 6 heteroatoms. The lowest BCUT2D eigenvalue weighted by molar-refractivity contribution is -0.112. The van der Waals surface area contributed by atoms with Gasteiger partial charge < -0.3 is 19.4 Å². The highest BCUT2D eigenvalue weighted by molar-refractivity contribution is 6.04. The van der Waals surface area contributed by atoms with Gasteiger partial charge in [-0.2, -0.15) is 0 Å². The summed E-state index contributed by atoms with van der Waals surface area (Å²) in [6, 6.07) is 7.39. The zero-order chi connectivity index (χ0) is 20.1. The lowest BCUT2D eigenvalue weighted by Crippen LogP contribution is -2.53. The van der Waals surface area contributed by atoms with Crippen LogP contribution in [0.15, 0.2) is 24.3 Å². The highest BCUT2D eigenvalue weighted by Crippen LogP contribution is 2.56. The second-order valence-electron chi connectivity index (χ2n) is 8.97. The molecule has 2 aliphatic rings. The lowest BCUT2D eigenvalue weighted by Gasteiger charge is -2.51. The zero-order valence-electron chi connectivity index (χ0n) is 16.6. The van der Waals surface area contributed by atoms with Gasteiger partial charge in [-0.05, 0) is 39.7 Å². The molecule has 1 aromatic heterocycles. The Hall–Kier alpha value is -2.63. The number of nitrogens with one attached hydrogen (secondary N) is 1. The number of carbonyl (C=O) groups is 3. The second kappa shape index (κ2) is 6.47. The Labute approximate surface area is 164 Å². The molecule has 2 aromatic rings. The molecule has 0 bridgehead atoms. The second-order valence-corrected chi connectivity index (χ2v) is 8.97. The van der Waals surface area contributed by atoms with Crippen LogP contribution >= 0.6 is 0 Å². The van der Waals surface area contributed by atoms with Crippen molar-refractivity contribution in [3.63, 3.8) is 0 Å². The number of amides is 1. The highest BCUT2D eigenvalue weighted by Gasteiger charge is 2.53. The van der Waals surface area contributed by atoms with Gasteiger partial charge in [0.05, 0.1) is 11.7 Å². The van der Waals surface area contributed by atoms with E-state index in [1.807, 2.05) is 45.0 Å². The smallest absolute Gasteiger partial charge is 0.410 e. The molecule has 1 N–H and O–H groups in total. The number of hydrogen-bond acceptors (Lipinski definition) is 4. The standard InChI is InChI=1S/C22H26N2O4/c1-21(2,3)28-20(27)24-11-6-9-22(10-12-25)13-16(26)18-17(19(22)24)14-7-4-5-8-15(14)23-18/h4-5,7-8,12,19,23H,6,9-11,13H2,1-3H3/t19-,22-/m0/s1. The van der Waals surface area contributed by atoms with Crippen LogP contribution in [0.2, 0.25) is 0 Å². The Morgan fingerprint density at radius 1 is 1.36 bits per heavy atom. The number of fused-ring (bicyclic) bond motifs is 5. The first kappa shape index (κ1) is 18.7. The molecule has 1 saturated heterocycles. The molecule has 0 spiro atoms.